The van der Waals surface area contributed by atoms with Crippen LogP contribution in [-0.4, -0.2) is 23.1 Å². The number of nitrogens with zero attached hydrogens (tertiary/aromatic N) is 2. The molecule has 2 heterocycles. The van der Waals surface area contributed by atoms with Crippen LogP contribution < -0.4 is 15.8 Å². The molecule has 0 fully saturated rings. The highest BCUT2D eigenvalue weighted by molar-refractivity contribution is 7.07. The van der Waals surface area contributed by atoms with Crippen molar-refractivity contribution in [3.63, 3.8) is 0 Å². The number of anilines is 2. The molecule has 0 radical (unpaired) electrons. The van der Waals surface area contributed by atoms with E-state index in [9.17, 15) is 0 Å². The molecule has 0 saturated carbocycles. The van der Waals surface area contributed by atoms with Gasteiger partial charge in [-0.05, 0) is 19.1 Å². The third-order valence-corrected chi connectivity index (χ3v) is 2.98. The number of thiazole rings is 1. The van der Waals surface area contributed by atoms with E-state index in [1.807, 2.05) is 23.9 Å². The maximum atomic E-state index is 5.76. The zero-order valence-electron chi connectivity index (χ0n) is 10.2. The lowest BCUT2D eigenvalue weighted by Crippen LogP contribution is -2.08. The standard InChI is InChI=1S/C12H16N4OS/c1-2-17-12-10(13)3-4-11(16-12)14-6-5-9-7-18-8-15-9/h3-4,7-8H,2,5-6,13H2,1H3,(H,14,16). The van der Waals surface area contributed by atoms with Crippen molar-refractivity contribution in [1.82, 2.24) is 9.97 Å². The predicted octanol–water partition coefficient (Wildman–Crippen LogP) is 2.17. The van der Waals surface area contributed by atoms with Gasteiger partial charge in [0, 0.05) is 18.3 Å². The van der Waals surface area contributed by atoms with Gasteiger partial charge in [0.15, 0.2) is 0 Å². The van der Waals surface area contributed by atoms with Crippen molar-refractivity contribution < 1.29 is 4.74 Å². The molecular weight excluding hydrogens is 248 g/mol. The summed E-state index contributed by atoms with van der Waals surface area (Å²) >= 11 is 1.61. The Hall–Kier alpha value is -1.82. The molecule has 3 N–H and O–H groups in total. The molecule has 0 aliphatic carbocycles. The minimum atomic E-state index is 0.483. The normalized spacial score (nSPS) is 10.3. The van der Waals surface area contributed by atoms with Crippen LogP contribution in [0.4, 0.5) is 11.5 Å². The largest absolute Gasteiger partial charge is 0.476 e. The lowest BCUT2D eigenvalue weighted by Gasteiger charge is -2.09. The van der Waals surface area contributed by atoms with Gasteiger partial charge in [-0.1, -0.05) is 0 Å². The van der Waals surface area contributed by atoms with Gasteiger partial charge in [0.25, 0.3) is 0 Å². The zero-order chi connectivity index (χ0) is 12.8. The number of nitrogens with two attached hydrogens (primary N) is 1. The Morgan fingerprint density at radius 1 is 1.44 bits per heavy atom. The van der Waals surface area contributed by atoms with Crippen molar-refractivity contribution in [2.45, 2.75) is 13.3 Å². The molecule has 18 heavy (non-hydrogen) atoms. The van der Waals surface area contributed by atoms with Crippen molar-refractivity contribution in [3.8, 4) is 5.88 Å². The summed E-state index contributed by atoms with van der Waals surface area (Å²) in [6.07, 6.45) is 0.875. The Morgan fingerprint density at radius 3 is 3.06 bits per heavy atom. The first-order chi connectivity index (χ1) is 8.79. The predicted molar refractivity (Wildman–Crippen MR) is 74.1 cm³/mol. The Morgan fingerprint density at radius 2 is 2.33 bits per heavy atom. The molecule has 0 saturated heterocycles. The van der Waals surface area contributed by atoms with Gasteiger partial charge >= 0.3 is 0 Å². The van der Waals surface area contributed by atoms with Gasteiger partial charge in [0.1, 0.15) is 5.82 Å². The average Bonchev–Trinajstić information content (AvgIpc) is 2.87. The second-order valence-corrected chi connectivity index (χ2v) is 4.40. The van der Waals surface area contributed by atoms with Crippen LogP contribution in [0.5, 0.6) is 5.88 Å². The number of rotatable bonds is 6. The smallest absolute Gasteiger partial charge is 0.239 e. The molecular formula is C12H16N4OS. The number of nitrogen functional groups attached to an aromatic ring is 1. The van der Waals surface area contributed by atoms with Gasteiger partial charge in [-0.2, -0.15) is 4.98 Å². The van der Waals surface area contributed by atoms with Crippen molar-refractivity contribution in [1.29, 1.82) is 0 Å². The van der Waals surface area contributed by atoms with Crippen molar-refractivity contribution in [2.75, 3.05) is 24.2 Å². The van der Waals surface area contributed by atoms with Crippen LogP contribution in [0.15, 0.2) is 23.0 Å². The summed E-state index contributed by atoms with van der Waals surface area (Å²) in [6, 6.07) is 3.64. The van der Waals surface area contributed by atoms with E-state index >= 15 is 0 Å². The van der Waals surface area contributed by atoms with Crippen LogP contribution in [0.3, 0.4) is 0 Å². The second-order valence-electron chi connectivity index (χ2n) is 3.68. The molecule has 0 unspecified atom stereocenters. The van der Waals surface area contributed by atoms with Crippen LogP contribution in [0, 0.1) is 0 Å². The van der Waals surface area contributed by atoms with Gasteiger partial charge in [0.2, 0.25) is 5.88 Å². The molecule has 0 atom stereocenters. The minimum Gasteiger partial charge on any atom is -0.476 e. The summed E-state index contributed by atoms with van der Waals surface area (Å²) in [6.45, 7) is 3.25. The lowest BCUT2D eigenvalue weighted by molar-refractivity contribution is 0.329. The van der Waals surface area contributed by atoms with Crippen LogP contribution in [0.1, 0.15) is 12.6 Å². The molecule has 5 nitrogen and oxygen atoms in total. The summed E-state index contributed by atoms with van der Waals surface area (Å²) in [7, 11) is 0. The first-order valence-corrected chi connectivity index (χ1v) is 6.74. The van der Waals surface area contributed by atoms with E-state index in [-0.39, 0.29) is 0 Å². The first kappa shape index (κ1) is 12.6. The van der Waals surface area contributed by atoms with E-state index < -0.39 is 0 Å². The highest BCUT2D eigenvalue weighted by atomic mass is 32.1. The van der Waals surface area contributed by atoms with Crippen LogP contribution >= 0.6 is 11.3 Å². The van der Waals surface area contributed by atoms with Crippen LogP contribution in [0.25, 0.3) is 0 Å². The molecule has 0 aliphatic heterocycles. The Labute approximate surface area is 110 Å². The summed E-state index contributed by atoms with van der Waals surface area (Å²) in [5, 5.41) is 5.27. The number of nitrogens with one attached hydrogen (secondary N) is 1. The van der Waals surface area contributed by atoms with E-state index in [4.69, 9.17) is 10.5 Å². The van der Waals surface area contributed by atoms with E-state index in [1.54, 1.807) is 17.4 Å². The number of hydrogen-bond donors (Lipinski definition) is 2. The van der Waals surface area contributed by atoms with E-state index in [1.165, 1.54) is 0 Å². The molecule has 96 valence electrons. The maximum absolute atomic E-state index is 5.76. The lowest BCUT2D eigenvalue weighted by atomic mass is 10.3. The molecule has 2 aromatic heterocycles. The van der Waals surface area contributed by atoms with E-state index in [2.05, 4.69) is 15.3 Å². The molecule has 0 aromatic carbocycles. The van der Waals surface area contributed by atoms with Crippen molar-refractivity contribution in [3.05, 3.63) is 28.7 Å². The molecule has 6 heteroatoms. The van der Waals surface area contributed by atoms with E-state index in [0.29, 0.717) is 18.2 Å². The van der Waals surface area contributed by atoms with Gasteiger partial charge in [-0.15, -0.1) is 11.3 Å². The molecule has 2 aromatic rings. The van der Waals surface area contributed by atoms with Gasteiger partial charge in [-0.3, -0.25) is 0 Å². The summed E-state index contributed by atoms with van der Waals surface area (Å²) < 4.78 is 5.34. The maximum Gasteiger partial charge on any atom is 0.239 e. The molecule has 0 bridgehead atoms. The van der Waals surface area contributed by atoms with Gasteiger partial charge in [-0.25, -0.2) is 4.98 Å². The number of pyridine rings is 1. The van der Waals surface area contributed by atoms with Crippen LogP contribution in [0.2, 0.25) is 0 Å². The number of ether oxygens (including phenoxy) is 1. The topological polar surface area (TPSA) is 73.1 Å². The van der Waals surface area contributed by atoms with Crippen molar-refractivity contribution >= 4 is 22.8 Å². The average molecular weight is 264 g/mol. The molecule has 0 amide bonds. The number of aromatic nitrogens is 2. The minimum absolute atomic E-state index is 0.483. The fourth-order valence-corrected chi connectivity index (χ4v) is 2.07. The fourth-order valence-electron chi connectivity index (χ4n) is 1.48. The third kappa shape index (κ3) is 3.33. The summed E-state index contributed by atoms with van der Waals surface area (Å²) in [5.41, 5.74) is 9.24. The first-order valence-electron chi connectivity index (χ1n) is 5.80. The Balaban J connectivity index is 1.90. The highest BCUT2D eigenvalue weighted by Crippen LogP contribution is 2.20. The van der Waals surface area contributed by atoms with Gasteiger partial charge < -0.3 is 15.8 Å². The highest BCUT2D eigenvalue weighted by Gasteiger charge is 2.03. The zero-order valence-corrected chi connectivity index (χ0v) is 11.0. The number of hydrogen-bond acceptors (Lipinski definition) is 6. The van der Waals surface area contributed by atoms with E-state index in [0.717, 1.165) is 24.5 Å². The summed E-state index contributed by atoms with van der Waals surface area (Å²) in [4.78, 5) is 8.53. The van der Waals surface area contributed by atoms with Crippen LogP contribution in [-0.2, 0) is 6.42 Å². The SMILES string of the molecule is CCOc1nc(NCCc2cscn2)ccc1N. The molecule has 0 spiro atoms. The third-order valence-electron chi connectivity index (χ3n) is 2.34. The summed E-state index contributed by atoms with van der Waals surface area (Å²) in [5.74, 6) is 1.25. The Bertz CT molecular complexity index is 487. The van der Waals surface area contributed by atoms with Crippen molar-refractivity contribution in [2.24, 2.45) is 0 Å². The quantitative estimate of drug-likeness (QED) is 0.836. The fraction of sp³-hybridized carbons (Fsp3) is 0.333. The van der Waals surface area contributed by atoms with Gasteiger partial charge in [0.05, 0.1) is 23.5 Å². The second kappa shape index (κ2) is 6.20. The molecule has 0 aliphatic rings. The Kier molecular flexibility index (Phi) is 4.35. The molecule has 2 rings (SSSR count). The monoisotopic (exact) mass is 264 g/mol.